The number of anilines is 1. The molecule has 0 spiro atoms. The molecule has 0 aliphatic carbocycles. The molecule has 0 amide bonds. The van der Waals surface area contributed by atoms with E-state index in [1.54, 1.807) is 6.33 Å². The van der Waals surface area contributed by atoms with Crippen LogP contribution in [0.4, 0.5) is 5.82 Å². The summed E-state index contributed by atoms with van der Waals surface area (Å²) in [6, 6.07) is 10.8. The lowest BCUT2D eigenvalue weighted by atomic mass is 10.00. The van der Waals surface area contributed by atoms with Gasteiger partial charge < -0.3 is 4.90 Å². The fourth-order valence-electron chi connectivity index (χ4n) is 2.64. The molecule has 0 unspecified atom stereocenters. The van der Waals surface area contributed by atoms with Crippen molar-refractivity contribution in [2.75, 3.05) is 11.4 Å². The molecule has 98 valence electrons. The zero-order valence-corrected chi connectivity index (χ0v) is 11.3. The second-order valence-corrected chi connectivity index (χ2v) is 5.06. The summed E-state index contributed by atoms with van der Waals surface area (Å²) >= 11 is 0. The Kier molecular flexibility index (Phi) is 3.45. The molecule has 0 saturated heterocycles. The minimum Gasteiger partial charge on any atom is -0.352 e. The minimum atomic E-state index is 0.957. The van der Waals surface area contributed by atoms with Crippen molar-refractivity contribution in [2.24, 2.45) is 0 Å². The number of nitrogens with zero attached hydrogens (tertiary/aromatic N) is 3. The van der Waals surface area contributed by atoms with E-state index in [2.05, 4.69) is 52.1 Å². The van der Waals surface area contributed by atoms with Crippen LogP contribution in [0.5, 0.6) is 0 Å². The molecule has 0 saturated carbocycles. The Morgan fingerprint density at radius 3 is 2.84 bits per heavy atom. The first kappa shape index (κ1) is 12.2. The van der Waals surface area contributed by atoms with Crippen LogP contribution in [-0.4, -0.2) is 16.5 Å². The average Bonchev–Trinajstić information content (AvgIpc) is 2.47. The highest BCUT2D eigenvalue weighted by Crippen LogP contribution is 2.23. The van der Waals surface area contributed by atoms with E-state index in [-0.39, 0.29) is 0 Å². The molecule has 0 bridgehead atoms. The molecule has 1 aliphatic heterocycles. The van der Waals surface area contributed by atoms with Gasteiger partial charge in [-0.2, -0.15) is 0 Å². The first-order valence-electron chi connectivity index (χ1n) is 6.99. The predicted molar refractivity (Wildman–Crippen MR) is 77.2 cm³/mol. The molecular weight excluding hydrogens is 234 g/mol. The van der Waals surface area contributed by atoms with Crippen LogP contribution in [0.25, 0.3) is 0 Å². The molecule has 3 nitrogen and oxygen atoms in total. The van der Waals surface area contributed by atoms with Crippen LogP contribution in [0.3, 0.4) is 0 Å². The van der Waals surface area contributed by atoms with Gasteiger partial charge in [0.25, 0.3) is 0 Å². The average molecular weight is 253 g/mol. The Labute approximate surface area is 114 Å². The third-order valence-electron chi connectivity index (χ3n) is 3.67. The van der Waals surface area contributed by atoms with Gasteiger partial charge in [0.1, 0.15) is 12.1 Å². The molecule has 19 heavy (non-hydrogen) atoms. The van der Waals surface area contributed by atoms with E-state index in [4.69, 9.17) is 0 Å². The van der Waals surface area contributed by atoms with Crippen molar-refractivity contribution in [1.29, 1.82) is 0 Å². The molecule has 3 heteroatoms. The second-order valence-electron chi connectivity index (χ2n) is 5.06. The Morgan fingerprint density at radius 1 is 1.16 bits per heavy atom. The molecule has 0 radical (unpaired) electrons. The summed E-state index contributed by atoms with van der Waals surface area (Å²) in [5.74, 6) is 1.06. The fourth-order valence-corrected chi connectivity index (χ4v) is 2.64. The highest BCUT2D eigenvalue weighted by molar-refractivity contribution is 5.44. The van der Waals surface area contributed by atoms with Crippen LogP contribution >= 0.6 is 0 Å². The lowest BCUT2D eigenvalue weighted by molar-refractivity contribution is 0.716. The lowest BCUT2D eigenvalue weighted by Gasteiger charge is -2.29. The van der Waals surface area contributed by atoms with Crippen molar-refractivity contribution in [3.05, 3.63) is 53.5 Å². The highest BCUT2D eigenvalue weighted by atomic mass is 15.2. The van der Waals surface area contributed by atoms with E-state index in [0.717, 1.165) is 43.9 Å². The molecule has 1 aliphatic rings. The van der Waals surface area contributed by atoms with E-state index in [1.807, 2.05) is 0 Å². The van der Waals surface area contributed by atoms with Gasteiger partial charge in [0.2, 0.25) is 0 Å². The molecule has 2 heterocycles. The smallest absolute Gasteiger partial charge is 0.132 e. The van der Waals surface area contributed by atoms with Gasteiger partial charge in [-0.25, -0.2) is 9.97 Å². The summed E-state index contributed by atoms with van der Waals surface area (Å²) in [6.07, 6.45) is 4.95. The van der Waals surface area contributed by atoms with Gasteiger partial charge in [-0.15, -0.1) is 0 Å². The zero-order valence-electron chi connectivity index (χ0n) is 11.3. The highest BCUT2D eigenvalue weighted by Gasteiger charge is 2.17. The SMILES string of the molecule is CCCc1cc(N2CCc3ccccc3C2)ncn1. The summed E-state index contributed by atoms with van der Waals surface area (Å²) in [5.41, 5.74) is 4.04. The van der Waals surface area contributed by atoms with Crippen molar-refractivity contribution < 1.29 is 0 Å². The fraction of sp³-hybridized carbons (Fsp3) is 0.375. The van der Waals surface area contributed by atoms with Gasteiger partial charge in [0.15, 0.2) is 0 Å². The topological polar surface area (TPSA) is 29.0 Å². The number of benzene rings is 1. The quantitative estimate of drug-likeness (QED) is 0.842. The van der Waals surface area contributed by atoms with Crippen molar-refractivity contribution in [3.63, 3.8) is 0 Å². The molecule has 1 aromatic heterocycles. The van der Waals surface area contributed by atoms with Gasteiger partial charge in [-0.1, -0.05) is 37.6 Å². The van der Waals surface area contributed by atoms with Crippen molar-refractivity contribution >= 4 is 5.82 Å². The van der Waals surface area contributed by atoms with Gasteiger partial charge in [-0.3, -0.25) is 0 Å². The van der Waals surface area contributed by atoms with E-state index < -0.39 is 0 Å². The molecule has 0 fully saturated rings. The first-order valence-corrected chi connectivity index (χ1v) is 6.99. The number of hydrogen-bond donors (Lipinski definition) is 0. The summed E-state index contributed by atoms with van der Waals surface area (Å²) < 4.78 is 0. The van der Waals surface area contributed by atoms with Crippen LogP contribution in [-0.2, 0) is 19.4 Å². The number of aryl methyl sites for hydroxylation is 1. The first-order chi connectivity index (χ1) is 9.36. The maximum atomic E-state index is 4.43. The van der Waals surface area contributed by atoms with E-state index in [9.17, 15) is 0 Å². The summed E-state index contributed by atoms with van der Waals surface area (Å²) in [7, 11) is 0. The summed E-state index contributed by atoms with van der Waals surface area (Å²) in [5, 5.41) is 0. The molecule has 3 rings (SSSR count). The van der Waals surface area contributed by atoms with E-state index in [0.29, 0.717) is 0 Å². The number of hydrogen-bond acceptors (Lipinski definition) is 3. The van der Waals surface area contributed by atoms with Crippen molar-refractivity contribution in [2.45, 2.75) is 32.7 Å². The Hall–Kier alpha value is -1.90. The summed E-state index contributed by atoms with van der Waals surface area (Å²) in [6.45, 7) is 4.18. The zero-order chi connectivity index (χ0) is 13.1. The van der Waals surface area contributed by atoms with Crippen molar-refractivity contribution in [1.82, 2.24) is 9.97 Å². The minimum absolute atomic E-state index is 0.957. The van der Waals surface area contributed by atoms with Crippen LogP contribution < -0.4 is 4.90 Å². The largest absolute Gasteiger partial charge is 0.352 e. The number of rotatable bonds is 3. The van der Waals surface area contributed by atoms with Crippen LogP contribution in [0.1, 0.15) is 30.2 Å². The van der Waals surface area contributed by atoms with Crippen LogP contribution in [0.15, 0.2) is 36.7 Å². The van der Waals surface area contributed by atoms with Gasteiger partial charge in [0, 0.05) is 24.8 Å². The molecule has 2 aromatic rings. The molecule has 0 atom stereocenters. The predicted octanol–water partition coefficient (Wildman–Crippen LogP) is 2.99. The maximum Gasteiger partial charge on any atom is 0.132 e. The summed E-state index contributed by atoms with van der Waals surface area (Å²) in [4.78, 5) is 11.1. The number of fused-ring (bicyclic) bond motifs is 1. The van der Waals surface area contributed by atoms with Gasteiger partial charge in [0.05, 0.1) is 0 Å². The second kappa shape index (κ2) is 5.39. The standard InChI is InChI=1S/C16H19N3/c1-2-5-15-10-16(18-12-17-15)19-9-8-13-6-3-4-7-14(13)11-19/h3-4,6-7,10,12H,2,5,8-9,11H2,1H3. The van der Waals surface area contributed by atoms with Gasteiger partial charge in [-0.05, 0) is 24.0 Å². The van der Waals surface area contributed by atoms with E-state index >= 15 is 0 Å². The Bertz CT molecular complexity index is 565. The normalized spacial score (nSPS) is 14.3. The van der Waals surface area contributed by atoms with E-state index in [1.165, 1.54) is 11.1 Å². The molecule has 1 aromatic carbocycles. The number of aromatic nitrogens is 2. The lowest BCUT2D eigenvalue weighted by Crippen LogP contribution is -2.31. The van der Waals surface area contributed by atoms with Crippen molar-refractivity contribution in [3.8, 4) is 0 Å². The van der Waals surface area contributed by atoms with Gasteiger partial charge >= 0.3 is 0 Å². The maximum absolute atomic E-state index is 4.43. The molecule has 0 N–H and O–H groups in total. The van der Waals surface area contributed by atoms with Crippen LogP contribution in [0.2, 0.25) is 0 Å². The Morgan fingerprint density at radius 2 is 2.00 bits per heavy atom. The van der Waals surface area contributed by atoms with Crippen LogP contribution in [0, 0.1) is 0 Å². The molecular formula is C16H19N3. The third-order valence-corrected chi connectivity index (χ3v) is 3.67. The Balaban J connectivity index is 1.82. The third kappa shape index (κ3) is 2.60. The monoisotopic (exact) mass is 253 g/mol.